The minimum Gasteiger partial charge on any atom is -0.370 e. The van der Waals surface area contributed by atoms with E-state index >= 15 is 0 Å². The summed E-state index contributed by atoms with van der Waals surface area (Å²) in [6.45, 7) is 8.64. The Labute approximate surface area is 96.6 Å². The van der Waals surface area contributed by atoms with Crippen LogP contribution >= 0.6 is 0 Å². The van der Waals surface area contributed by atoms with Crippen LogP contribution in [-0.2, 0) is 10.3 Å². The third-order valence-electron chi connectivity index (χ3n) is 2.63. The van der Waals surface area contributed by atoms with Gasteiger partial charge in [-0.05, 0) is 34.2 Å². The Bertz CT molecular complexity index is 323. The van der Waals surface area contributed by atoms with E-state index in [2.05, 4.69) is 15.5 Å². The summed E-state index contributed by atoms with van der Waals surface area (Å²) in [5, 5.41) is 7.09. The van der Waals surface area contributed by atoms with E-state index in [0.29, 0.717) is 18.3 Å². The highest BCUT2D eigenvalue weighted by atomic mass is 16.5. The van der Waals surface area contributed by atoms with Gasteiger partial charge in [0.1, 0.15) is 6.10 Å². The number of ether oxygens (including phenoxy) is 1. The minimum atomic E-state index is -0.310. The maximum Gasteiger partial charge on any atom is 0.246 e. The largest absolute Gasteiger partial charge is 0.370 e. The van der Waals surface area contributed by atoms with Crippen LogP contribution < -0.4 is 5.32 Å². The highest BCUT2D eigenvalue weighted by molar-refractivity contribution is 5.00. The Kier molecular flexibility index (Phi) is 4.44. The van der Waals surface area contributed by atoms with E-state index in [4.69, 9.17) is 9.26 Å². The molecule has 0 bridgehead atoms. The summed E-state index contributed by atoms with van der Waals surface area (Å²) in [5.41, 5.74) is -0.310. The second kappa shape index (κ2) is 5.41. The maximum absolute atomic E-state index is 5.53. The van der Waals surface area contributed by atoms with Crippen LogP contribution in [0.3, 0.4) is 0 Å². The number of hydrogen-bond acceptors (Lipinski definition) is 5. The van der Waals surface area contributed by atoms with Crippen molar-refractivity contribution in [2.24, 2.45) is 0 Å². The summed E-state index contributed by atoms with van der Waals surface area (Å²) in [6.07, 6.45) is 0.766. The van der Waals surface area contributed by atoms with Crippen LogP contribution in [0.2, 0.25) is 0 Å². The van der Waals surface area contributed by atoms with Crippen LogP contribution in [-0.4, -0.2) is 23.8 Å². The Morgan fingerprint density at radius 2 is 2.12 bits per heavy atom. The molecule has 1 atom stereocenters. The molecule has 1 aromatic rings. The zero-order valence-corrected chi connectivity index (χ0v) is 10.7. The molecule has 0 aliphatic carbocycles. The van der Waals surface area contributed by atoms with Crippen molar-refractivity contribution in [3.05, 3.63) is 11.7 Å². The number of hydrogen-bond donors (Lipinski definition) is 1. The van der Waals surface area contributed by atoms with Gasteiger partial charge in [-0.3, -0.25) is 0 Å². The third-order valence-corrected chi connectivity index (χ3v) is 2.63. The van der Waals surface area contributed by atoms with Crippen LogP contribution in [0, 0.1) is 0 Å². The van der Waals surface area contributed by atoms with Crippen molar-refractivity contribution < 1.29 is 9.26 Å². The topological polar surface area (TPSA) is 60.2 Å². The lowest BCUT2D eigenvalue weighted by Crippen LogP contribution is -2.33. The fourth-order valence-corrected chi connectivity index (χ4v) is 1.30. The van der Waals surface area contributed by atoms with Crippen molar-refractivity contribution in [2.45, 2.75) is 45.8 Å². The summed E-state index contributed by atoms with van der Waals surface area (Å²) in [6, 6.07) is 0. The van der Waals surface area contributed by atoms with Gasteiger partial charge in [-0.2, -0.15) is 4.98 Å². The molecule has 0 aliphatic heterocycles. The lowest BCUT2D eigenvalue weighted by atomic mass is 10.1. The first-order valence-electron chi connectivity index (χ1n) is 5.69. The Morgan fingerprint density at radius 3 is 2.62 bits per heavy atom. The first-order chi connectivity index (χ1) is 7.55. The molecular formula is C11H21N3O2. The van der Waals surface area contributed by atoms with E-state index in [1.165, 1.54) is 0 Å². The normalized spacial score (nSPS) is 14.1. The lowest BCUT2D eigenvalue weighted by Gasteiger charge is -2.18. The Hall–Kier alpha value is -0.940. The molecule has 1 heterocycles. The summed E-state index contributed by atoms with van der Waals surface area (Å²) in [4.78, 5) is 4.38. The van der Waals surface area contributed by atoms with Crippen molar-refractivity contribution in [3.8, 4) is 0 Å². The molecule has 92 valence electrons. The van der Waals surface area contributed by atoms with E-state index in [1.54, 1.807) is 0 Å². The average molecular weight is 227 g/mol. The monoisotopic (exact) mass is 227 g/mol. The van der Waals surface area contributed by atoms with Gasteiger partial charge in [0.2, 0.25) is 11.7 Å². The molecule has 0 amide bonds. The lowest BCUT2D eigenvalue weighted by molar-refractivity contribution is 0.0518. The molecule has 0 saturated heterocycles. The van der Waals surface area contributed by atoms with Gasteiger partial charge in [0, 0.05) is 6.61 Å². The Morgan fingerprint density at radius 1 is 1.44 bits per heavy atom. The predicted molar refractivity (Wildman–Crippen MR) is 61.0 cm³/mol. The molecule has 1 N–H and O–H groups in total. The Balaban J connectivity index is 2.85. The number of rotatable bonds is 6. The van der Waals surface area contributed by atoms with Crippen molar-refractivity contribution >= 4 is 0 Å². The third kappa shape index (κ3) is 2.80. The first kappa shape index (κ1) is 13.1. The molecule has 0 radical (unpaired) electrons. The average Bonchev–Trinajstić information content (AvgIpc) is 2.75. The molecule has 1 aromatic heterocycles. The fraction of sp³-hybridized carbons (Fsp3) is 0.818. The second-order valence-corrected chi connectivity index (χ2v) is 4.18. The van der Waals surface area contributed by atoms with Crippen LogP contribution in [0.5, 0.6) is 0 Å². The molecular weight excluding hydrogens is 206 g/mol. The van der Waals surface area contributed by atoms with Gasteiger partial charge in [0.25, 0.3) is 0 Å². The molecule has 0 aromatic carbocycles. The van der Waals surface area contributed by atoms with Crippen LogP contribution in [0.4, 0.5) is 0 Å². The van der Waals surface area contributed by atoms with E-state index in [0.717, 1.165) is 6.42 Å². The van der Waals surface area contributed by atoms with E-state index < -0.39 is 0 Å². The zero-order chi connectivity index (χ0) is 12.2. The minimum absolute atomic E-state index is 0.0739. The molecule has 1 unspecified atom stereocenters. The molecule has 5 heteroatoms. The highest BCUT2D eigenvalue weighted by Crippen LogP contribution is 2.22. The van der Waals surface area contributed by atoms with Gasteiger partial charge in [-0.25, -0.2) is 0 Å². The van der Waals surface area contributed by atoms with Gasteiger partial charge in [-0.1, -0.05) is 12.1 Å². The summed E-state index contributed by atoms with van der Waals surface area (Å²) >= 11 is 0. The number of aromatic nitrogens is 2. The SMILES string of the molecule is CCOC(CC)c1noc(C(C)(C)NC)n1. The van der Waals surface area contributed by atoms with Crippen molar-refractivity contribution in [3.63, 3.8) is 0 Å². The van der Waals surface area contributed by atoms with E-state index in [-0.39, 0.29) is 11.6 Å². The summed E-state index contributed by atoms with van der Waals surface area (Å²) in [7, 11) is 1.86. The van der Waals surface area contributed by atoms with Gasteiger partial charge < -0.3 is 14.6 Å². The van der Waals surface area contributed by atoms with E-state index in [1.807, 2.05) is 34.7 Å². The smallest absolute Gasteiger partial charge is 0.246 e. The van der Waals surface area contributed by atoms with Crippen molar-refractivity contribution in [1.29, 1.82) is 0 Å². The summed E-state index contributed by atoms with van der Waals surface area (Å²) < 4.78 is 10.8. The second-order valence-electron chi connectivity index (χ2n) is 4.18. The quantitative estimate of drug-likeness (QED) is 0.805. The molecule has 5 nitrogen and oxygen atoms in total. The van der Waals surface area contributed by atoms with Gasteiger partial charge in [-0.15, -0.1) is 0 Å². The number of nitrogens with one attached hydrogen (secondary N) is 1. The molecule has 0 fully saturated rings. The standard InChI is InChI=1S/C11H21N3O2/c1-6-8(15-7-2)9-13-10(16-14-9)11(3,4)12-5/h8,12H,6-7H2,1-5H3. The van der Waals surface area contributed by atoms with E-state index in [9.17, 15) is 0 Å². The van der Waals surface area contributed by atoms with Gasteiger partial charge in [0.15, 0.2) is 0 Å². The molecule has 1 rings (SSSR count). The molecule has 0 aliphatic rings. The highest BCUT2D eigenvalue weighted by Gasteiger charge is 2.27. The van der Waals surface area contributed by atoms with Crippen molar-refractivity contribution in [1.82, 2.24) is 15.5 Å². The zero-order valence-electron chi connectivity index (χ0n) is 10.7. The van der Waals surface area contributed by atoms with Crippen LogP contribution in [0.1, 0.15) is 51.9 Å². The van der Waals surface area contributed by atoms with Gasteiger partial charge >= 0.3 is 0 Å². The molecule has 16 heavy (non-hydrogen) atoms. The molecule has 0 saturated carbocycles. The number of nitrogens with zero attached hydrogens (tertiary/aromatic N) is 2. The van der Waals surface area contributed by atoms with Crippen LogP contribution in [0.15, 0.2) is 4.52 Å². The van der Waals surface area contributed by atoms with Crippen LogP contribution in [0.25, 0.3) is 0 Å². The predicted octanol–water partition coefficient (Wildman–Crippen LogP) is 2.01. The summed E-state index contributed by atoms with van der Waals surface area (Å²) in [5.74, 6) is 1.21. The van der Waals surface area contributed by atoms with Crippen molar-refractivity contribution in [2.75, 3.05) is 13.7 Å². The first-order valence-corrected chi connectivity index (χ1v) is 5.69. The van der Waals surface area contributed by atoms with Gasteiger partial charge in [0.05, 0.1) is 5.54 Å². The molecule has 0 spiro atoms. The maximum atomic E-state index is 5.53. The fourth-order valence-electron chi connectivity index (χ4n) is 1.30.